The van der Waals surface area contributed by atoms with Crippen molar-refractivity contribution in [3.63, 3.8) is 0 Å². The van der Waals surface area contributed by atoms with Gasteiger partial charge in [0.2, 0.25) is 0 Å². The van der Waals surface area contributed by atoms with E-state index in [1.807, 2.05) is 13.2 Å². The summed E-state index contributed by atoms with van der Waals surface area (Å²) in [5.74, 6) is 1.97. The predicted molar refractivity (Wildman–Crippen MR) is 120 cm³/mol. The van der Waals surface area contributed by atoms with Crippen molar-refractivity contribution >= 4 is 11.8 Å². The van der Waals surface area contributed by atoms with Gasteiger partial charge in [-0.15, -0.1) is 0 Å². The minimum Gasteiger partial charge on any atom is -0.357 e. The Hall–Kier alpha value is -1.82. The molecule has 0 saturated carbocycles. The zero-order valence-corrected chi connectivity index (χ0v) is 18.4. The third kappa shape index (κ3) is 7.66. The maximum Gasteiger partial charge on any atom is 0.191 e. The molecular weight excluding hydrogens is 348 g/mol. The summed E-state index contributed by atoms with van der Waals surface area (Å²) in [6, 6.07) is 4.70. The average Bonchev–Trinajstić information content (AvgIpc) is 2.75. The molecule has 1 fully saturated rings. The lowest BCUT2D eigenvalue weighted by Gasteiger charge is -2.28. The molecule has 0 radical (unpaired) electrons. The van der Waals surface area contributed by atoms with E-state index in [9.17, 15) is 0 Å². The first kappa shape index (κ1) is 22.5. The molecule has 1 aromatic rings. The maximum absolute atomic E-state index is 4.57. The molecule has 6 heteroatoms. The minimum absolute atomic E-state index is 0.406. The van der Waals surface area contributed by atoms with Crippen molar-refractivity contribution in [1.82, 2.24) is 20.5 Å². The van der Waals surface area contributed by atoms with Crippen LogP contribution in [-0.2, 0) is 6.54 Å². The largest absolute Gasteiger partial charge is 0.357 e. The first-order valence-corrected chi connectivity index (χ1v) is 11.1. The Morgan fingerprint density at radius 3 is 2.68 bits per heavy atom. The summed E-state index contributed by atoms with van der Waals surface area (Å²) >= 11 is 0. The van der Waals surface area contributed by atoms with Crippen LogP contribution in [0.25, 0.3) is 0 Å². The second-order valence-corrected chi connectivity index (χ2v) is 7.71. The van der Waals surface area contributed by atoms with E-state index in [1.54, 1.807) is 0 Å². The van der Waals surface area contributed by atoms with Gasteiger partial charge in [0.15, 0.2) is 5.96 Å². The summed E-state index contributed by atoms with van der Waals surface area (Å²) in [6.07, 6.45) is 8.15. The number of aliphatic imine (C=N–C) groups is 1. The van der Waals surface area contributed by atoms with Crippen LogP contribution in [0.1, 0.15) is 58.4 Å². The van der Waals surface area contributed by atoms with Gasteiger partial charge in [-0.1, -0.05) is 13.8 Å². The Labute approximate surface area is 171 Å². The number of nitrogens with zero attached hydrogens (tertiary/aromatic N) is 4. The molecule has 158 valence electrons. The molecule has 1 aromatic heterocycles. The highest BCUT2D eigenvalue weighted by atomic mass is 15.2. The molecule has 0 aromatic carbocycles. The Morgan fingerprint density at radius 2 is 2.00 bits per heavy atom. The van der Waals surface area contributed by atoms with Gasteiger partial charge in [0.25, 0.3) is 0 Å². The molecule has 0 bridgehead atoms. The number of nitrogens with one attached hydrogen (secondary N) is 2. The van der Waals surface area contributed by atoms with E-state index in [-0.39, 0.29) is 0 Å². The van der Waals surface area contributed by atoms with E-state index in [4.69, 9.17) is 0 Å². The highest BCUT2D eigenvalue weighted by molar-refractivity contribution is 5.79. The highest BCUT2D eigenvalue weighted by Crippen LogP contribution is 2.18. The molecule has 1 unspecified atom stereocenters. The quantitative estimate of drug-likeness (QED) is 0.476. The summed E-state index contributed by atoms with van der Waals surface area (Å²) in [7, 11) is 1.84. The molecule has 2 rings (SSSR count). The van der Waals surface area contributed by atoms with Crippen LogP contribution >= 0.6 is 0 Å². The third-order valence-corrected chi connectivity index (χ3v) is 5.56. The van der Waals surface area contributed by atoms with Crippen LogP contribution in [0.15, 0.2) is 23.3 Å². The molecule has 2 heterocycles. The Morgan fingerprint density at radius 1 is 1.25 bits per heavy atom. The first-order chi connectivity index (χ1) is 13.7. The van der Waals surface area contributed by atoms with Gasteiger partial charge in [-0.2, -0.15) is 0 Å². The van der Waals surface area contributed by atoms with Gasteiger partial charge in [0.05, 0.1) is 0 Å². The number of pyridine rings is 1. The number of aromatic nitrogens is 1. The van der Waals surface area contributed by atoms with Gasteiger partial charge >= 0.3 is 0 Å². The van der Waals surface area contributed by atoms with Gasteiger partial charge in [0, 0.05) is 38.9 Å². The average molecular weight is 389 g/mol. The molecule has 1 aliphatic heterocycles. The molecule has 2 N–H and O–H groups in total. The monoisotopic (exact) mass is 388 g/mol. The highest BCUT2D eigenvalue weighted by Gasteiger charge is 2.12. The van der Waals surface area contributed by atoms with Gasteiger partial charge in [-0.25, -0.2) is 4.98 Å². The van der Waals surface area contributed by atoms with E-state index in [0.29, 0.717) is 6.04 Å². The fourth-order valence-electron chi connectivity index (χ4n) is 3.71. The van der Waals surface area contributed by atoms with Crippen LogP contribution in [0.5, 0.6) is 0 Å². The third-order valence-electron chi connectivity index (χ3n) is 5.56. The molecule has 0 aliphatic carbocycles. The van der Waals surface area contributed by atoms with Crippen molar-refractivity contribution < 1.29 is 0 Å². The lowest BCUT2D eigenvalue weighted by Crippen LogP contribution is -2.42. The Balaban J connectivity index is 1.77. The fraction of sp³-hybridized carbons (Fsp3) is 0.727. The molecule has 1 saturated heterocycles. The maximum atomic E-state index is 4.57. The number of rotatable bonds is 10. The van der Waals surface area contributed by atoms with Crippen molar-refractivity contribution in [2.75, 3.05) is 44.7 Å². The molecule has 0 spiro atoms. The normalized spacial score (nSPS) is 16.3. The molecule has 6 nitrogen and oxygen atoms in total. The van der Waals surface area contributed by atoms with Crippen molar-refractivity contribution in [2.45, 2.75) is 65.5 Å². The lowest BCUT2D eigenvalue weighted by molar-refractivity contribution is 0.292. The van der Waals surface area contributed by atoms with E-state index < -0.39 is 0 Å². The second kappa shape index (κ2) is 12.6. The van der Waals surface area contributed by atoms with Crippen LogP contribution in [0.3, 0.4) is 0 Å². The molecule has 28 heavy (non-hydrogen) atoms. The summed E-state index contributed by atoms with van der Waals surface area (Å²) in [4.78, 5) is 13.8. The van der Waals surface area contributed by atoms with Crippen LogP contribution < -0.4 is 15.5 Å². The second-order valence-electron chi connectivity index (χ2n) is 7.71. The summed E-state index contributed by atoms with van der Waals surface area (Å²) in [5.41, 5.74) is 1.24. The van der Waals surface area contributed by atoms with Gasteiger partial charge < -0.3 is 20.4 Å². The Kier molecular flexibility index (Phi) is 10.1. The van der Waals surface area contributed by atoms with E-state index in [1.165, 1.54) is 37.8 Å². The smallest absolute Gasteiger partial charge is 0.191 e. The lowest BCUT2D eigenvalue weighted by atomic mass is 10.1. The Bertz CT molecular complexity index is 578. The predicted octanol–water partition coefficient (Wildman–Crippen LogP) is 3.25. The van der Waals surface area contributed by atoms with Crippen molar-refractivity contribution in [1.29, 1.82) is 0 Å². The van der Waals surface area contributed by atoms with Crippen LogP contribution in [0.4, 0.5) is 5.82 Å². The number of hydrogen-bond donors (Lipinski definition) is 2. The minimum atomic E-state index is 0.406. The SMILES string of the molecule is CCN(CC)CCCC(C)NC(=NC)NCc1ccnc(N2CCCCC2)c1. The molecular formula is C22H40N6. The van der Waals surface area contributed by atoms with E-state index >= 15 is 0 Å². The van der Waals surface area contributed by atoms with Crippen molar-refractivity contribution in [3.05, 3.63) is 23.9 Å². The van der Waals surface area contributed by atoms with Gasteiger partial charge in [0.1, 0.15) is 5.82 Å². The number of piperidine rings is 1. The van der Waals surface area contributed by atoms with E-state index in [2.05, 4.69) is 63.3 Å². The van der Waals surface area contributed by atoms with Crippen molar-refractivity contribution in [2.24, 2.45) is 4.99 Å². The van der Waals surface area contributed by atoms with Crippen LogP contribution in [0, 0.1) is 0 Å². The van der Waals surface area contributed by atoms with Crippen LogP contribution in [0.2, 0.25) is 0 Å². The van der Waals surface area contributed by atoms with Gasteiger partial charge in [-0.3, -0.25) is 4.99 Å². The summed E-state index contributed by atoms with van der Waals surface area (Å²) in [6.45, 7) is 13.1. The van der Waals surface area contributed by atoms with Crippen LogP contribution in [-0.4, -0.2) is 61.7 Å². The topological polar surface area (TPSA) is 55.8 Å². The number of hydrogen-bond acceptors (Lipinski definition) is 4. The molecule has 1 aliphatic rings. The van der Waals surface area contributed by atoms with Gasteiger partial charge in [-0.05, 0) is 76.4 Å². The van der Waals surface area contributed by atoms with Crippen molar-refractivity contribution in [3.8, 4) is 0 Å². The molecule has 1 atom stereocenters. The molecule has 0 amide bonds. The number of guanidine groups is 1. The standard InChI is InChI=1S/C22H40N6/c1-5-27(6-2)14-10-11-19(3)26-22(23-4)25-18-20-12-13-24-21(17-20)28-15-8-7-9-16-28/h12-13,17,19H,5-11,14-16,18H2,1-4H3,(H2,23,25,26). The summed E-state index contributed by atoms with van der Waals surface area (Å²) < 4.78 is 0. The fourth-order valence-corrected chi connectivity index (χ4v) is 3.71. The first-order valence-electron chi connectivity index (χ1n) is 11.1. The zero-order valence-electron chi connectivity index (χ0n) is 18.4. The zero-order chi connectivity index (χ0) is 20.2. The number of anilines is 1. The van der Waals surface area contributed by atoms with E-state index in [0.717, 1.165) is 50.9 Å². The summed E-state index contributed by atoms with van der Waals surface area (Å²) in [5, 5.41) is 6.97.